The first-order valence-electron chi connectivity index (χ1n) is 7.20. The van der Waals surface area contributed by atoms with E-state index in [4.69, 9.17) is 9.84 Å². The van der Waals surface area contributed by atoms with Crippen molar-refractivity contribution in [2.45, 2.75) is 32.4 Å². The molecule has 0 spiro atoms. The van der Waals surface area contributed by atoms with Crippen LogP contribution in [0.25, 0.3) is 0 Å². The maximum Gasteiger partial charge on any atom is 0.123 e. The van der Waals surface area contributed by atoms with E-state index in [0.717, 1.165) is 36.4 Å². The van der Waals surface area contributed by atoms with Gasteiger partial charge < -0.3 is 19.8 Å². The molecule has 0 aliphatic heterocycles. The van der Waals surface area contributed by atoms with Crippen LogP contribution >= 0.6 is 0 Å². The average molecular weight is 291 g/mol. The molecule has 0 heterocycles. The van der Waals surface area contributed by atoms with E-state index >= 15 is 0 Å². The van der Waals surface area contributed by atoms with Gasteiger partial charge in [0.1, 0.15) is 5.75 Å². The number of nitrogens with zero attached hydrogens (tertiary/aromatic N) is 1. The zero-order valence-corrected chi connectivity index (χ0v) is 13.1. The van der Waals surface area contributed by atoms with Crippen molar-refractivity contribution in [3.63, 3.8) is 0 Å². The predicted molar refractivity (Wildman–Crippen MR) is 84.2 cm³/mol. The monoisotopic (exact) mass is 291 g/mol. The molecule has 2 N–H and O–H groups in total. The van der Waals surface area contributed by atoms with E-state index < -0.39 is 0 Å². The van der Waals surface area contributed by atoms with Crippen LogP contribution in [0, 0.1) is 11.8 Å². The second-order valence-corrected chi connectivity index (χ2v) is 5.18. The topological polar surface area (TPSA) is 52.9 Å². The number of rotatable bonds is 7. The van der Waals surface area contributed by atoms with Gasteiger partial charge in [0.15, 0.2) is 0 Å². The minimum absolute atomic E-state index is 0.0814. The lowest BCUT2D eigenvalue weighted by Gasteiger charge is -2.19. The van der Waals surface area contributed by atoms with Crippen molar-refractivity contribution in [1.29, 1.82) is 0 Å². The molecule has 0 amide bonds. The number of aliphatic hydroxyl groups is 2. The van der Waals surface area contributed by atoms with Crippen LogP contribution in [0.5, 0.6) is 5.75 Å². The largest absolute Gasteiger partial charge is 0.496 e. The van der Waals surface area contributed by atoms with Gasteiger partial charge in [-0.15, -0.1) is 0 Å². The Bertz CT molecular complexity index is 489. The van der Waals surface area contributed by atoms with Gasteiger partial charge in [-0.2, -0.15) is 0 Å². The van der Waals surface area contributed by atoms with E-state index in [0.29, 0.717) is 6.42 Å². The summed E-state index contributed by atoms with van der Waals surface area (Å²) < 4.78 is 5.39. The van der Waals surface area contributed by atoms with Gasteiger partial charge in [0.05, 0.1) is 19.8 Å². The first kappa shape index (κ1) is 17.5. The zero-order chi connectivity index (χ0) is 15.7. The molecule has 0 saturated carbocycles. The smallest absolute Gasteiger partial charge is 0.123 e. The lowest BCUT2D eigenvalue weighted by Crippen LogP contribution is -2.22. The lowest BCUT2D eigenvalue weighted by atomic mass is 10.1. The van der Waals surface area contributed by atoms with Gasteiger partial charge in [0.2, 0.25) is 0 Å². The van der Waals surface area contributed by atoms with Crippen LogP contribution in [0.4, 0.5) is 0 Å². The first-order valence-corrected chi connectivity index (χ1v) is 7.20. The lowest BCUT2D eigenvalue weighted by molar-refractivity contribution is 0.162. The normalized spacial score (nSPS) is 11.9. The Labute approximate surface area is 127 Å². The highest BCUT2D eigenvalue weighted by atomic mass is 16.5. The maximum absolute atomic E-state index is 9.34. The summed E-state index contributed by atoms with van der Waals surface area (Å²) in [5, 5.41) is 18.1. The highest BCUT2D eigenvalue weighted by Gasteiger charge is 2.08. The number of ether oxygens (including phenoxy) is 1. The number of benzene rings is 1. The molecule has 21 heavy (non-hydrogen) atoms. The summed E-state index contributed by atoms with van der Waals surface area (Å²) in [4.78, 5) is 2.15. The molecule has 0 radical (unpaired) electrons. The molecule has 0 fully saturated rings. The highest BCUT2D eigenvalue weighted by molar-refractivity contribution is 5.44. The molecule has 0 saturated heterocycles. The molecule has 0 aromatic heterocycles. The summed E-state index contributed by atoms with van der Waals surface area (Å²) in [5.41, 5.74) is 1.99. The van der Waals surface area contributed by atoms with E-state index in [1.54, 1.807) is 14.0 Å². The Morgan fingerprint density at radius 3 is 2.76 bits per heavy atom. The van der Waals surface area contributed by atoms with Crippen LogP contribution in [0.3, 0.4) is 0 Å². The molecule has 1 aromatic carbocycles. The van der Waals surface area contributed by atoms with Crippen molar-refractivity contribution in [2.75, 3.05) is 27.3 Å². The molecule has 4 nitrogen and oxygen atoms in total. The summed E-state index contributed by atoms with van der Waals surface area (Å²) in [6.07, 6.45) is 0.940. The van der Waals surface area contributed by atoms with Crippen LogP contribution in [-0.2, 0) is 6.54 Å². The third kappa shape index (κ3) is 6.63. The molecule has 1 atom stereocenters. The Hall–Kier alpha value is -1.54. The Morgan fingerprint density at radius 2 is 2.14 bits per heavy atom. The van der Waals surface area contributed by atoms with E-state index in [9.17, 15) is 5.11 Å². The van der Waals surface area contributed by atoms with Crippen LogP contribution in [0.2, 0.25) is 0 Å². The molecule has 1 unspecified atom stereocenters. The number of methoxy groups -OCH3 is 1. The van der Waals surface area contributed by atoms with Crippen LogP contribution in [0.15, 0.2) is 18.2 Å². The summed E-state index contributed by atoms with van der Waals surface area (Å²) in [6.45, 7) is 3.44. The van der Waals surface area contributed by atoms with E-state index in [2.05, 4.69) is 16.7 Å². The van der Waals surface area contributed by atoms with Crippen molar-refractivity contribution in [3.8, 4) is 17.6 Å². The molecule has 116 valence electrons. The van der Waals surface area contributed by atoms with Gasteiger partial charge >= 0.3 is 0 Å². The van der Waals surface area contributed by atoms with Gasteiger partial charge in [0, 0.05) is 30.6 Å². The highest BCUT2D eigenvalue weighted by Crippen LogP contribution is 2.21. The molecule has 1 aromatic rings. The van der Waals surface area contributed by atoms with Gasteiger partial charge in [-0.3, -0.25) is 0 Å². The van der Waals surface area contributed by atoms with Crippen molar-refractivity contribution in [1.82, 2.24) is 4.90 Å². The molecule has 1 rings (SSSR count). The molecular formula is C17H25NO3. The van der Waals surface area contributed by atoms with Gasteiger partial charge in [-0.05, 0) is 38.6 Å². The number of hydrogen-bond acceptors (Lipinski definition) is 4. The van der Waals surface area contributed by atoms with Gasteiger partial charge in [0.25, 0.3) is 0 Å². The Kier molecular flexibility index (Phi) is 7.84. The van der Waals surface area contributed by atoms with Crippen molar-refractivity contribution < 1.29 is 14.9 Å². The second-order valence-electron chi connectivity index (χ2n) is 5.18. The minimum Gasteiger partial charge on any atom is -0.496 e. The zero-order valence-electron chi connectivity index (χ0n) is 13.1. The fourth-order valence-corrected chi connectivity index (χ4v) is 1.98. The molecular weight excluding hydrogens is 266 g/mol. The summed E-state index contributed by atoms with van der Waals surface area (Å²) in [5.74, 6) is 6.80. The standard InChI is InChI=1S/C17H25NO3/c1-14(20)9-10-18(2)13-16-12-15(6-4-5-11-19)7-8-17(16)21-3/h7-8,12,14,19-20H,5,9-11,13H2,1-3H3. The quantitative estimate of drug-likeness (QED) is 0.750. The Morgan fingerprint density at radius 1 is 1.38 bits per heavy atom. The third-order valence-electron chi connectivity index (χ3n) is 3.12. The van der Waals surface area contributed by atoms with Crippen molar-refractivity contribution in [2.24, 2.45) is 0 Å². The second kappa shape index (κ2) is 9.41. The van der Waals surface area contributed by atoms with Crippen molar-refractivity contribution in [3.05, 3.63) is 29.3 Å². The van der Waals surface area contributed by atoms with Crippen LogP contribution in [0.1, 0.15) is 30.9 Å². The summed E-state index contributed by atoms with van der Waals surface area (Å²) in [6, 6.07) is 5.85. The molecule has 0 aliphatic rings. The SMILES string of the molecule is COc1ccc(C#CCCO)cc1CN(C)CCC(C)O. The maximum atomic E-state index is 9.34. The third-order valence-corrected chi connectivity index (χ3v) is 3.12. The molecule has 4 heteroatoms. The van der Waals surface area contributed by atoms with Gasteiger partial charge in [-0.25, -0.2) is 0 Å². The predicted octanol–water partition coefficient (Wildman–Crippen LogP) is 1.63. The van der Waals surface area contributed by atoms with Crippen molar-refractivity contribution >= 4 is 0 Å². The van der Waals surface area contributed by atoms with Crippen LogP contribution in [-0.4, -0.2) is 48.5 Å². The summed E-state index contributed by atoms with van der Waals surface area (Å²) in [7, 11) is 3.68. The fourth-order valence-electron chi connectivity index (χ4n) is 1.98. The Balaban J connectivity index is 2.78. The molecule has 0 bridgehead atoms. The number of aliphatic hydroxyl groups excluding tert-OH is 2. The van der Waals surface area contributed by atoms with Crippen LogP contribution < -0.4 is 4.74 Å². The fraction of sp³-hybridized carbons (Fsp3) is 0.529. The molecule has 0 aliphatic carbocycles. The van der Waals surface area contributed by atoms with E-state index in [-0.39, 0.29) is 12.7 Å². The minimum atomic E-state index is -0.287. The van der Waals surface area contributed by atoms with Gasteiger partial charge in [-0.1, -0.05) is 11.8 Å². The van der Waals surface area contributed by atoms with E-state index in [1.807, 2.05) is 25.2 Å². The van der Waals surface area contributed by atoms with E-state index in [1.165, 1.54) is 0 Å². The average Bonchev–Trinajstić information content (AvgIpc) is 2.46. The first-order chi connectivity index (χ1) is 10.1. The number of hydrogen-bond donors (Lipinski definition) is 2. The summed E-state index contributed by atoms with van der Waals surface area (Å²) >= 11 is 0.